The van der Waals surface area contributed by atoms with E-state index >= 15 is 0 Å². The summed E-state index contributed by atoms with van der Waals surface area (Å²) in [6.07, 6.45) is 0. The van der Waals surface area contributed by atoms with E-state index in [0.717, 1.165) is 35.9 Å². The predicted octanol–water partition coefficient (Wildman–Crippen LogP) is 6.43. The fourth-order valence-corrected chi connectivity index (χ4v) is 3.77. The van der Waals surface area contributed by atoms with Gasteiger partial charge in [-0.2, -0.15) is 0 Å². The number of fused-ring (bicyclic) bond motifs is 3. The molecule has 0 bridgehead atoms. The molecule has 0 N–H and O–H groups in total. The first-order chi connectivity index (χ1) is 11.0. The molecule has 0 spiro atoms. The van der Waals surface area contributed by atoms with Gasteiger partial charge >= 0.3 is 0 Å². The van der Waals surface area contributed by atoms with Gasteiger partial charge in [-0.3, -0.25) is 0 Å². The van der Waals surface area contributed by atoms with Crippen LogP contribution in [0.5, 0.6) is 0 Å². The highest BCUT2D eigenvalue weighted by Crippen LogP contribution is 2.34. The Hall–Kier alpha value is -1.47. The summed E-state index contributed by atoms with van der Waals surface area (Å²) in [6.45, 7) is 0. The van der Waals surface area contributed by atoms with Gasteiger partial charge in [0.2, 0.25) is 0 Å². The van der Waals surface area contributed by atoms with Crippen LogP contribution < -0.4 is 0 Å². The molecule has 1 heterocycles. The normalized spacial score (nSPS) is 11.5. The Bertz CT molecular complexity index is 992. The maximum atomic E-state index is 13.7. The largest absolute Gasteiger partial charge is 0.309 e. The van der Waals surface area contributed by atoms with E-state index in [-0.39, 0.29) is 0 Å². The van der Waals surface area contributed by atoms with E-state index in [2.05, 4.69) is 44.6 Å². The predicted molar refractivity (Wildman–Crippen MR) is 101 cm³/mol. The van der Waals surface area contributed by atoms with Crippen LogP contribution in [0, 0.1) is 15.2 Å². The van der Waals surface area contributed by atoms with Crippen molar-refractivity contribution in [1.29, 1.82) is 0 Å². The van der Waals surface area contributed by atoms with Gasteiger partial charge in [0.15, 0.2) is 0 Å². The monoisotopic (exact) mass is 483 g/mol. The van der Waals surface area contributed by atoms with Gasteiger partial charge in [-0.25, -0.2) is 8.78 Å². The minimum Gasteiger partial charge on any atom is -0.309 e. The molecule has 5 heteroatoms. The summed E-state index contributed by atoms with van der Waals surface area (Å²) in [5.74, 6) is -1.17. The van der Waals surface area contributed by atoms with Crippen molar-refractivity contribution in [3.05, 3.63) is 74.3 Å². The number of rotatable bonds is 1. The van der Waals surface area contributed by atoms with E-state index in [1.165, 1.54) is 12.1 Å². The minimum atomic E-state index is -0.586. The zero-order chi connectivity index (χ0) is 16.1. The number of aromatic nitrogens is 1. The maximum Gasteiger partial charge on any atom is 0.128 e. The second kappa shape index (κ2) is 5.56. The van der Waals surface area contributed by atoms with Gasteiger partial charge in [-0.05, 0) is 71.1 Å². The first-order valence-electron chi connectivity index (χ1n) is 6.88. The second-order valence-electron chi connectivity index (χ2n) is 5.29. The lowest BCUT2D eigenvalue weighted by Gasteiger charge is -2.08. The molecule has 4 aromatic rings. The van der Waals surface area contributed by atoms with Gasteiger partial charge in [-0.1, -0.05) is 15.9 Å². The molecular weight excluding hydrogens is 475 g/mol. The van der Waals surface area contributed by atoms with E-state index < -0.39 is 11.6 Å². The number of benzene rings is 3. The molecule has 0 aliphatic carbocycles. The van der Waals surface area contributed by atoms with Crippen LogP contribution in [0.1, 0.15) is 0 Å². The third-order valence-electron chi connectivity index (χ3n) is 3.79. The molecular formula is C18H9BrF2IN. The fourth-order valence-electron chi connectivity index (χ4n) is 2.91. The quantitative estimate of drug-likeness (QED) is 0.275. The zero-order valence-corrected chi connectivity index (χ0v) is 15.4. The second-order valence-corrected chi connectivity index (χ2v) is 7.45. The molecule has 4 rings (SSSR count). The molecule has 0 aliphatic heterocycles. The van der Waals surface area contributed by atoms with Gasteiger partial charge in [0.1, 0.15) is 11.6 Å². The Morgan fingerprint density at radius 2 is 1.39 bits per heavy atom. The van der Waals surface area contributed by atoms with Crippen molar-refractivity contribution in [1.82, 2.24) is 4.57 Å². The number of nitrogens with zero attached hydrogens (tertiary/aromatic N) is 1. The SMILES string of the molecule is Fc1cc(F)cc(-n2c3ccc(Br)cc3c3cc(I)ccc32)c1. The standard InChI is InChI=1S/C18H9BrF2IN/c19-10-1-3-17-15(5-10)16-9-13(22)2-4-18(16)23(17)14-7-11(20)6-12(21)8-14/h1-9H. The van der Waals surface area contributed by atoms with E-state index in [1.807, 2.05) is 34.9 Å². The first kappa shape index (κ1) is 15.1. The van der Waals surface area contributed by atoms with Gasteiger partial charge in [0.25, 0.3) is 0 Å². The molecule has 1 aromatic heterocycles. The van der Waals surface area contributed by atoms with Crippen molar-refractivity contribution >= 4 is 60.3 Å². The summed E-state index contributed by atoms with van der Waals surface area (Å²) in [5.41, 5.74) is 2.31. The smallest absolute Gasteiger partial charge is 0.128 e. The molecule has 114 valence electrons. The molecule has 0 atom stereocenters. The average Bonchev–Trinajstić information content (AvgIpc) is 2.79. The Kier molecular flexibility index (Phi) is 3.65. The highest BCUT2D eigenvalue weighted by Gasteiger charge is 2.14. The van der Waals surface area contributed by atoms with Crippen LogP contribution in [0.3, 0.4) is 0 Å². The topological polar surface area (TPSA) is 4.93 Å². The molecule has 0 fully saturated rings. The first-order valence-corrected chi connectivity index (χ1v) is 8.76. The van der Waals surface area contributed by atoms with Crippen molar-refractivity contribution < 1.29 is 8.78 Å². The molecule has 0 amide bonds. The minimum absolute atomic E-state index is 0.478. The van der Waals surface area contributed by atoms with Crippen molar-refractivity contribution in [3.63, 3.8) is 0 Å². The van der Waals surface area contributed by atoms with E-state index in [1.54, 1.807) is 0 Å². The lowest BCUT2D eigenvalue weighted by atomic mass is 10.2. The Balaban J connectivity index is 2.19. The Morgan fingerprint density at radius 3 is 2.09 bits per heavy atom. The fraction of sp³-hybridized carbons (Fsp3) is 0. The van der Waals surface area contributed by atoms with E-state index in [0.29, 0.717) is 5.69 Å². The van der Waals surface area contributed by atoms with Crippen LogP contribution in [0.2, 0.25) is 0 Å². The van der Waals surface area contributed by atoms with E-state index in [9.17, 15) is 8.78 Å². The van der Waals surface area contributed by atoms with Crippen LogP contribution >= 0.6 is 38.5 Å². The molecule has 0 aliphatic rings. The summed E-state index contributed by atoms with van der Waals surface area (Å²) in [6, 6.07) is 15.5. The van der Waals surface area contributed by atoms with Crippen LogP contribution in [0.4, 0.5) is 8.78 Å². The third-order valence-corrected chi connectivity index (χ3v) is 4.96. The third kappa shape index (κ3) is 2.55. The summed E-state index contributed by atoms with van der Waals surface area (Å²) >= 11 is 5.76. The van der Waals surface area contributed by atoms with Gasteiger partial charge in [0.05, 0.1) is 16.7 Å². The van der Waals surface area contributed by atoms with Crippen molar-refractivity contribution in [2.75, 3.05) is 0 Å². The van der Waals surface area contributed by atoms with Crippen LogP contribution in [-0.2, 0) is 0 Å². The lowest BCUT2D eigenvalue weighted by molar-refractivity contribution is 0.582. The highest BCUT2D eigenvalue weighted by molar-refractivity contribution is 14.1. The zero-order valence-electron chi connectivity index (χ0n) is 11.7. The van der Waals surface area contributed by atoms with Gasteiger partial charge < -0.3 is 4.57 Å². The van der Waals surface area contributed by atoms with Gasteiger partial charge in [0, 0.05) is 24.9 Å². The Morgan fingerprint density at radius 1 is 0.783 bits per heavy atom. The number of hydrogen-bond acceptors (Lipinski definition) is 0. The molecule has 0 saturated heterocycles. The molecule has 23 heavy (non-hydrogen) atoms. The summed E-state index contributed by atoms with van der Waals surface area (Å²) in [7, 11) is 0. The lowest BCUT2D eigenvalue weighted by Crippen LogP contribution is -1.96. The maximum absolute atomic E-state index is 13.7. The number of hydrogen-bond donors (Lipinski definition) is 0. The molecule has 0 unspecified atom stereocenters. The number of halogens is 4. The van der Waals surface area contributed by atoms with Crippen molar-refractivity contribution in [2.45, 2.75) is 0 Å². The molecule has 0 radical (unpaired) electrons. The van der Waals surface area contributed by atoms with Crippen molar-refractivity contribution in [3.8, 4) is 5.69 Å². The van der Waals surface area contributed by atoms with Crippen LogP contribution in [-0.4, -0.2) is 4.57 Å². The molecule has 3 aromatic carbocycles. The molecule has 0 saturated carbocycles. The molecule has 1 nitrogen and oxygen atoms in total. The van der Waals surface area contributed by atoms with Gasteiger partial charge in [-0.15, -0.1) is 0 Å². The summed E-state index contributed by atoms with van der Waals surface area (Å²) in [5, 5.41) is 2.09. The van der Waals surface area contributed by atoms with Crippen LogP contribution in [0.15, 0.2) is 59.1 Å². The summed E-state index contributed by atoms with van der Waals surface area (Å²) < 4.78 is 31.3. The highest BCUT2D eigenvalue weighted by atomic mass is 127. The Labute approximate surface area is 153 Å². The van der Waals surface area contributed by atoms with E-state index in [4.69, 9.17) is 0 Å². The van der Waals surface area contributed by atoms with Crippen molar-refractivity contribution in [2.24, 2.45) is 0 Å². The summed E-state index contributed by atoms with van der Waals surface area (Å²) in [4.78, 5) is 0. The van der Waals surface area contributed by atoms with Crippen LogP contribution in [0.25, 0.3) is 27.5 Å². The average molecular weight is 484 g/mol.